The molecule has 6 nitrogen and oxygen atoms in total. The Morgan fingerprint density at radius 2 is 1.64 bits per heavy atom. The van der Waals surface area contributed by atoms with E-state index in [1.165, 1.54) is 4.90 Å². The lowest BCUT2D eigenvalue weighted by Crippen LogP contribution is -2.29. The van der Waals surface area contributed by atoms with Crippen molar-refractivity contribution in [3.63, 3.8) is 0 Å². The molecule has 39 heavy (non-hydrogen) atoms. The summed E-state index contributed by atoms with van der Waals surface area (Å²) in [5.41, 5.74) is 3.47. The van der Waals surface area contributed by atoms with Crippen LogP contribution in [0.25, 0.3) is 5.76 Å². The van der Waals surface area contributed by atoms with Crippen LogP contribution in [-0.2, 0) is 15.0 Å². The summed E-state index contributed by atoms with van der Waals surface area (Å²) in [7, 11) is 1.54. The maximum atomic E-state index is 13.6. The number of benzene rings is 3. The maximum absolute atomic E-state index is 13.6. The third-order valence-corrected chi connectivity index (χ3v) is 6.91. The quantitative estimate of drug-likeness (QED) is 0.204. The molecular weight excluding hydrogens is 490 g/mol. The van der Waals surface area contributed by atoms with Crippen molar-refractivity contribution in [1.29, 1.82) is 0 Å². The zero-order chi connectivity index (χ0) is 28.5. The molecule has 1 heterocycles. The van der Waals surface area contributed by atoms with E-state index in [2.05, 4.69) is 34.6 Å². The lowest BCUT2D eigenvalue weighted by Gasteiger charge is -2.27. The molecule has 1 fully saturated rings. The van der Waals surface area contributed by atoms with Gasteiger partial charge in [-0.05, 0) is 65.8 Å². The first-order valence-electron chi connectivity index (χ1n) is 13.2. The molecule has 1 saturated heterocycles. The normalized spacial score (nSPS) is 17.1. The third kappa shape index (κ3) is 5.56. The van der Waals surface area contributed by atoms with Gasteiger partial charge in [0, 0.05) is 16.8 Å². The summed E-state index contributed by atoms with van der Waals surface area (Å²) in [6, 6.07) is 19.3. The second kappa shape index (κ2) is 11.0. The Kier molecular flexibility index (Phi) is 7.86. The van der Waals surface area contributed by atoms with Crippen LogP contribution in [0.2, 0.25) is 0 Å². The van der Waals surface area contributed by atoms with Crippen LogP contribution in [0.5, 0.6) is 11.5 Å². The second-order valence-corrected chi connectivity index (χ2v) is 11.4. The molecule has 0 aromatic heterocycles. The lowest BCUT2D eigenvalue weighted by molar-refractivity contribution is -0.132. The molecule has 4 rings (SSSR count). The number of Topliss-reactive ketones (excluding diaryl/α,β-unsaturated/α-hetero) is 1. The topological polar surface area (TPSA) is 76.1 Å². The number of rotatable bonds is 7. The van der Waals surface area contributed by atoms with Gasteiger partial charge in [0.2, 0.25) is 0 Å². The molecule has 1 amide bonds. The molecule has 1 aliphatic rings. The van der Waals surface area contributed by atoms with E-state index < -0.39 is 17.7 Å². The van der Waals surface area contributed by atoms with Gasteiger partial charge in [-0.25, -0.2) is 0 Å². The largest absolute Gasteiger partial charge is 0.507 e. The summed E-state index contributed by atoms with van der Waals surface area (Å²) in [6.07, 6.45) is 0. The number of carbonyl (C=O) groups excluding carboxylic acids is 2. The number of aliphatic hydroxyl groups is 1. The van der Waals surface area contributed by atoms with Gasteiger partial charge in [0.25, 0.3) is 11.7 Å². The Morgan fingerprint density at radius 1 is 0.974 bits per heavy atom. The summed E-state index contributed by atoms with van der Waals surface area (Å²) in [6.45, 7) is 12.9. The fourth-order valence-electron chi connectivity index (χ4n) is 4.78. The SMILES string of the molecule is COc1ccccc1C1/C(=C(\O)c2ccc(OCC(C)C)c(C)c2)C(=O)C(=O)N1c1ccc(C(C)(C)C)cc1. The number of aryl methyl sites for hydroxylation is 1. The van der Waals surface area contributed by atoms with Crippen LogP contribution in [0.15, 0.2) is 72.3 Å². The molecule has 3 aromatic rings. The summed E-state index contributed by atoms with van der Waals surface area (Å²) >= 11 is 0. The third-order valence-electron chi connectivity index (χ3n) is 6.91. The number of anilines is 1. The lowest BCUT2D eigenvalue weighted by atomic mass is 9.87. The van der Waals surface area contributed by atoms with Crippen molar-refractivity contribution < 1.29 is 24.2 Å². The van der Waals surface area contributed by atoms with Gasteiger partial charge >= 0.3 is 0 Å². The van der Waals surface area contributed by atoms with E-state index in [1.54, 1.807) is 31.4 Å². The van der Waals surface area contributed by atoms with Crippen LogP contribution in [-0.4, -0.2) is 30.5 Å². The molecule has 0 aliphatic carbocycles. The van der Waals surface area contributed by atoms with E-state index in [1.807, 2.05) is 49.4 Å². The summed E-state index contributed by atoms with van der Waals surface area (Å²) in [5, 5.41) is 11.6. The van der Waals surface area contributed by atoms with Gasteiger partial charge in [0.15, 0.2) is 0 Å². The first-order chi connectivity index (χ1) is 18.4. The average Bonchev–Trinajstić information content (AvgIpc) is 3.16. The second-order valence-electron chi connectivity index (χ2n) is 11.4. The average molecular weight is 528 g/mol. The zero-order valence-corrected chi connectivity index (χ0v) is 23.7. The molecule has 0 radical (unpaired) electrons. The van der Waals surface area contributed by atoms with Crippen molar-refractivity contribution in [3.05, 3.63) is 94.6 Å². The molecular formula is C33H37NO5. The van der Waals surface area contributed by atoms with Gasteiger partial charge in [0.05, 0.1) is 25.3 Å². The number of nitrogens with zero attached hydrogens (tertiary/aromatic N) is 1. The monoisotopic (exact) mass is 527 g/mol. The van der Waals surface area contributed by atoms with Crippen molar-refractivity contribution in [2.75, 3.05) is 18.6 Å². The van der Waals surface area contributed by atoms with E-state index in [0.717, 1.165) is 11.1 Å². The summed E-state index contributed by atoms with van der Waals surface area (Å²) in [4.78, 5) is 28.6. The van der Waals surface area contributed by atoms with Gasteiger partial charge in [-0.2, -0.15) is 0 Å². The predicted molar refractivity (Wildman–Crippen MR) is 154 cm³/mol. The number of hydrogen-bond donors (Lipinski definition) is 1. The van der Waals surface area contributed by atoms with Gasteiger partial charge in [-0.1, -0.05) is 65.0 Å². The number of para-hydroxylation sites is 1. The number of ketones is 1. The van der Waals surface area contributed by atoms with Crippen LogP contribution < -0.4 is 14.4 Å². The van der Waals surface area contributed by atoms with Gasteiger partial charge < -0.3 is 14.6 Å². The van der Waals surface area contributed by atoms with Crippen molar-refractivity contribution in [2.45, 2.75) is 53.0 Å². The molecule has 0 bridgehead atoms. The number of aliphatic hydroxyl groups excluding tert-OH is 1. The predicted octanol–water partition coefficient (Wildman–Crippen LogP) is 6.96. The molecule has 0 spiro atoms. The Labute approximate surface area is 230 Å². The zero-order valence-electron chi connectivity index (χ0n) is 23.7. The van der Waals surface area contributed by atoms with Gasteiger partial charge in [-0.3, -0.25) is 14.5 Å². The van der Waals surface area contributed by atoms with E-state index in [4.69, 9.17) is 9.47 Å². The van der Waals surface area contributed by atoms with Gasteiger partial charge in [0.1, 0.15) is 17.3 Å². The highest BCUT2D eigenvalue weighted by atomic mass is 16.5. The number of hydrogen-bond acceptors (Lipinski definition) is 5. The first kappa shape index (κ1) is 28.0. The number of methoxy groups -OCH3 is 1. The van der Waals surface area contributed by atoms with E-state index in [0.29, 0.717) is 40.8 Å². The van der Waals surface area contributed by atoms with E-state index in [-0.39, 0.29) is 16.7 Å². The Bertz CT molecular complexity index is 1410. The highest BCUT2D eigenvalue weighted by Gasteiger charge is 2.48. The minimum atomic E-state index is -0.876. The smallest absolute Gasteiger partial charge is 0.300 e. The van der Waals surface area contributed by atoms with Crippen molar-refractivity contribution in [3.8, 4) is 11.5 Å². The Morgan fingerprint density at radius 3 is 2.23 bits per heavy atom. The molecule has 204 valence electrons. The number of ether oxygens (including phenoxy) is 2. The van der Waals surface area contributed by atoms with Crippen molar-refractivity contribution in [2.24, 2.45) is 5.92 Å². The van der Waals surface area contributed by atoms with Crippen LogP contribution in [0.4, 0.5) is 5.69 Å². The first-order valence-corrected chi connectivity index (χ1v) is 13.2. The summed E-state index contributed by atoms with van der Waals surface area (Å²) < 4.78 is 11.5. The van der Waals surface area contributed by atoms with Gasteiger partial charge in [-0.15, -0.1) is 0 Å². The molecule has 1 unspecified atom stereocenters. The highest BCUT2D eigenvalue weighted by molar-refractivity contribution is 6.51. The van der Waals surface area contributed by atoms with E-state index in [9.17, 15) is 14.7 Å². The number of amides is 1. The van der Waals surface area contributed by atoms with Crippen LogP contribution in [0.3, 0.4) is 0 Å². The Hall–Kier alpha value is -4.06. The summed E-state index contributed by atoms with van der Waals surface area (Å²) in [5.74, 6) is -0.102. The van der Waals surface area contributed by atoms with Crippen LogP contribution in [0.1, 0.15) is 62.9 Å². The molecule has 6 heteroatoms. The molecule has 3 aromatic carbocycles. The maximum Gasteiger partial charge on any atom is 0.300 e. The van der Waals surface area contributed by atoms with Crippen molar-refractivity contribution >= 4 is 23.1 Å². The van der Waals surface area contributed by atoms with Crippen LogP contribution in [0, 0.1) is 12.8 Å². The van der Waals surface area contributed by atoms with E-state index >= 15 is 0 Å². The number of carbonyl (C=O) groups is 2. The minimum absolute atomic E-state index is 0.0136. The van der Waals surface area contributed by atoms with Crippen molar-refractivity contribution in [1.82, 2.24) is 0 Å². The Balaban J connectivity index is 1.87. The molecule has 1 aliphatic heterocycles. The fourth-order valence-corrected chi connectivity index (χ4v) is 4.78. The van der Waals surface area contributed by atoms with Crippen LogP contribution >= 0.6 is 0 Å². The molecule has 0 saturated carbocycles. The molecule has 1 N–H and O–H groups in total. The minimum Gasteiger partial charge on any atom is -0.507 e. The standard InChI is InChI=1S/C33H37NO5/c1-20(2)19-39-26-17-12-22(18-21(26)3)30(35)28-29(25-10-8-9-11-27(25)38-7)34(32(37)31(28)36)24-15-13-23(14-16-24)33(4,5)6/h8-18,20,29,35H,19H2,1-7H3/b30-28+. The highest BCUT2D eigenvalue weighted by Crippen LogP contribution is 2.45. The fraction of sp³-hybridized carbons (Fsp3) is 0.333. The molecule has 1 atom stereocenters.